The minimum atomic E-state index is -1.19. The number of hydrogen-bond acceptors (Lipinski definition) is 6. The van der Waals surface area contributed by atoms with Crippen molar-refractivity contribution in [2.75, 3.05) is 5.32 Å². The molecule has 10 heteroatoms. The van der Waals surface area contributed by atoms with Crippen molar-refractivity contribution in [3.8, 4) is 0 Å². The van der Waals surface area contributed by atoms with Crippen LogP contribution in [0.25, 0.3) is 0 Å². The summed E-state index contributed by atoms with van der Waals surface area (Å²) < 4.78 is 0. The van der Waals surface area contributed by atoms with Crippen molar-refractivity contribution in [3.63, 3.8) is 0 Å². The van der Waals surface area contributed by atoms with Crippen LogP contribution in [0.5, 0.6) is 0 Å². The van der Waals surface area contributed by atoms with Crippen LogP contribution in [0.4, 0.5) is 22.7 Å². The molecule has 2 rings (SSSR count). The zero-order valence-corrected chi connectivity index (χ0v) is 9.37. The summed E-state index contributed by atoms with van der Waals surface area (Å²) in [6.45, 7) is 1.17. The zero-order chi connectivity index (χ0) is 14.3. The first-order valence-electron chi connectivity index (χ1n) is 4.86. The predicted octanol–water partition coefficient (Wildman–Crippen LogP) is 0.526. The Morgan fingerprint density at radius 2 is 1.84 bits per heavy atom. The highest BCUT2D eigenvalue weighted by atomic mass is 16.6. The molecule has 0 fully saturated rings. The minimum absolute atomic E-state index is 0.228. The van der Waals surface area contributed by atoms with Crippen molar-refractivity contribution < 1.29 is 19.4 Å². The number of nitrogens with zero attached hydrogens (tertiary/aromatic N) is 3. The van der Waals surface area contributed by atoms with Gasteiger partial charge in [-0.3, -0.25) is 29.8 Å². The van der Waals surface area contributed by atoms with Crippen molar-refractivity contribution in [1.29, 1.82) is 0 Å². The maximum absolute atomic E-state index is 11.1. The number of amides is 2. The number of nitro benzene ring substituents is 2. The molecule has 1 aliphatic heterocycles. The van der Waals surface area contributed by atoms with Gasteiger partial charge in [0.25, 0.3) is 5.69 Å². The maximum Gasteiger partial charge on any atom is 0.336 e. The molecule has 0 spiro atoms. The molecule has 1 aromatic carbocycles. The molecular weight excluding hydrogens is 260 g/mol. The molecule has 0 unspecified atom stereocenters. The van der Waals surface area contributed by atoms with E-state index in [-0.39, 0.29) is 16.9 Å². The van der Waals surface area contributed by atoms with E-state index < -0.39 is 33.0 Å². The van der Waals surface area contributed by atoms with Crippen molar-refractivity contribution in [2.24, 2.45) is 0 Å². The molecule has 10 nitrogen and oxygen atoms in total. The summed E-state index contributed by atoms with van der Waals surface area (Å²) in [6.07, 6.45) is 0. The van der Waals surface area contributed by atoms with Crippen LogP contribution < -0.4 is 10.6 Å². The van der Waals surface area contributed by atoms with Crippen LogP contribution in [0.15, 0.2) is 6.07 Å². The standard InChI is InChI=1S/C9H5N4O6/c1-3-5(12(16)17)2-4-6(7(3)13(18)19)11-9(15)8(14)10-4/h2H,1H3,(H,10,14). The molecule has 0 saturated carbocycles. The number of anilines is 1. The van der Waals surface area contributed by atoms with Gasteiger partial charge in [0, 0.05) is 6.07 Å². The quantitative estimate of drug-likeness (QED) is 0.468. The average Bonchev–Trinajstić information content (AvgIpc) is 2.29. The topological polar surface area (TPSA) is 147 Å². The number of hydrogen-bond donors (Lipinski definition) is 1. The van der Waals surface area contributed by atoms with Crippen LogP contribution in [-0.4, -0.2) is 21.7 Å². The summed E-state index contributed by atoms with van der Waals surface area (Å²) in [4.78, 5) is 42.3. The van der Waals surface area contributed by atoms with Gasteiger partial charge in [0.05, 0.1) is 15.5 Å². The lowest BCUT2D eigenvalue weighted by atomic mass is 10.1. The fourth-order valence-electron chi connectivity index (χ4n) is 1.69. The Morgan fingerprint density at radius 3 is 2.37 bits per heavy atom. The molecule has 0 aromatic heterocycles. The van der Waals surface area contributed by atoms with E-state index in [4.69, 9.17) is 0 Å². The van der Waals surface area contributed by atoms with Crippen molar-refractivity contribution in [1.82, 2.24) is 5.32 Å². The van der Waals surface area contributed by atoms with Crippen LogP contribution in [0.3, 0.4) is 0 Å². The highest BCUT2D eigenvalue weighted by molar-refractivity contribution is 6.42. The number of fused-ring (bicyclic) bond motifs is 1. The number of nitrogens with one attached hydrogen (secondary N) is 1. The molecule has 1 N–H and O–H groups in total. The van der Waals surface area contributed by atoms with Gasteiger partial charge >= 0.3 is 17.5 Å². The van der Waals surface area contributed by atoms with E-state index in [0.29, 0.717) is 0 Å². The molecule has 0 atom stereocenters. The predicted molar refractivity (Wildman–Crippen MR) is 59.9 cm³/mol. The van der Waals surface area contributed by atoms with Gasteiger partial charge in [0.2, 0.25) is 0 Å². The van der Waals surface area contributed by atoms with Crippen molar-refractivity contribution >= 4 is 34.6 Å². The first kappa shape index (κ1) is 12.4. The van der Waals surface area contributed by atoms with E-state index in [2.05, 4.69) is 5.32 Å². The van der Waals surface area contributed by atoms with Gasteiger partial charge in [-0.1, -0.05) is 0 Å². The second-order valence-corrected chi connectivity index (χ2v) is 3.65. The Labute approximate surface area is 104 Å². The smallest absolute Gasteiger partial charge is 0.315 e. The molecule has 0 bridgehead atoms. The average molecular weight is 265 g/mol. The third kappa shape index (κ3) is 1.84. The molecule has 1 aliphatic rings. The number of rotatable bonds is 2. The monoisotopic (exact) mass is 265 g/mol. The summed E-state index contributed by atoms with van der Waals surface area (Å²) in [5.41, 5.74) is -2.04. The minimum Gasteiger partial charge on any atom is -0.315 e. The van der Waals surface area contributed by atoms with Crippen LogP contribution in [0.2, 0.25) is 0 Å². The molecule has 1 radical (unpaired) electrons. The Morgan fingerprint density at radius 1 is 1.21 bits per heavy atom. The van der Waals surface area contributed by atoms with E-state index in [0.717, 1.165) is 6.07 Å². The van der Waals surface area contributed by atoms with Crippen molar-refractivity contribution in [3.05, 3.63) is 31.9 Å². The molecule has 0 aliphatic carbocycles. The summed E-state index contributed by atoms with van der Waals surface area (Å²) in [5, 5.41) is 27.1. The normalized spacial score (nSPS) is 13.3. The molecule has 1 heterocycles. The van der Waals surface area contributed by atoms with Crippen LogP contribution in [0, 0.1) is 27.2 Å². The van der Waals surface area contributed by atoms with Crippen LogP contribution >= 0.6 is 0 Å². The lowest BCUT2D eigenvalue weighted by Gasteiger charge is -2.15. The summed E-state index contributed by atoms with van der Waals surface area (Å²) in [6, 6.07) is 0.936. The van der Waals surface area contributed by atoms with Gasteiger partial charge in [0.15, 0.2) is 5.69 Å². The molecule has 0 saturated heterocycles. The molecular formula is C9H5N4O6. The second kappa shape index (κ2) is 4.01. The number of benzene rings is 1. The van der Waals surface area contributed by atoms with Gasteiger partial charge in [-0.05, 0) is 6.92 Å². The van der Waals surface area contributed by atoms with E-state index in [1.165, 1.54) is 6.92 Å². The third-order valence-electron chi connectivity index (χ3n) is 2.53. The van der Waals surface area contributed by atoms with Gasteiger partial charge in [-0.15, -0.1) is 0 Å². The first-order chi connectivity index (χ1) is 8.82. The highest BCUT2D eigenvalue weighted by Gasteiger charge is 2.36. The SMILES string of the molecule is Cc1c([N+](=O)[O-])cc2c(c1[N+](=O)[O-])[N]C(=O)C(=O)N2. The second-order valence-electron chi connectivity index (χ2n) is 3.65. The summed E-state index contributed by atoms with van der Waals surface area (Å²) in [5.74, 6) is -2.29. The van der Waals surface area contributed by atoms with Crippen molar-refractivity contribution in [2.45, 2.75) is 6.92 Å². The Kier molecular flexibility index (Phi) is 2.62. The Hall–Kier alpha value is -3.04. The van der Waals surface area contributed by atoms with Crippen LogP contribution in [-0.2, 0) is 9.59 Å². The molecule has 2 amide bonds. The fourth-order valence-corrected chi connectivity index (χ4v) is 1.69. The maximum atomic E-state index is 11.1. The molecule has 97 valence electrons. The third-order valence-corrected chi connectivity index (χ3v) is 2.53. The van der Waals surface area contributed by atoms with Gasteiger partial charge in [0.1, 0.15) is 5.56 Å². The Bertz CT molecular complexity index is 653. The first-order valence-corrected chi connectivity index (χ1v) is 4.86. The number of carbonyl (C=O) groups excluding carboxylic acids is 2. The van der Waals surface area contributed by atoms with E-state index in [1.54, 1.807) is 0 Å². The van der Waals surface area contributed by atoms with E-state index >= 15 is 0 Å². The lowest BCUT2D eigenvalue weighted by molar-refractivity contribution is -0.394. The summed E-state index contributed by atoms with van der Waals surface area (Å²) >= 11 is 0. The molecule has 19 heavy (non-hydrogen) atoms. The lowest BCUT2D eigenvalue weighted by Crippen LogP contribution is -2.33. The van der Waals surface area contributed by atoms with E-state index in [9.17, 15) is 29.8 Å². The van der Waals surface area contributed by atoms with E-state index in [1.807, 2.05) is 5.32 Å². The van der Waals surface area contributed by atoms with Gasteiger partial charge in [-0.2, -0.15) is 5.32 Å². The van der Waals surface area contributed by atoms with Gasteiger partial charge < -0.3 is 5.32 Å². The largest absolute Gasteiger partial charge is 0.336 e. The zero-order valence-electron chi connectivity index (χ0n) is 9.37. The molecule has 1 aromatic rings. The highest BCUT2D eigenvalue weighted by Crippen LogP contribution is 2.42. The van der Waals surface area contributed by atoms with Gasteiger partial charge in [-0.25, -0.2) is 0 Å². The summed E-state index contributed by atoms with van der Waals surface area (Å²) in [7, 11) is 0. The Balaban J connectivity index is 2.78. The fraction of sp³-hybridized carbons (Fsp3) is 0.111. The number of carbonyl (C=O) groups is 2. The van der Waals surface area contributed by atoms with Crippen LogP contribution in [0.1, 0.15) is 5.56 Å². The number of nitro groups is 2.